The molecule has 1 aromatic carbocycles. The summed E-state index contributed by atoms with van der Waals surface area (Å²) in [5.74, 6) is -0.979. The number of hydrogen-bond donors (Lipinski definition) is 2. The summed E-state index contributed by atoms with van der Waals surface area (Å²) >= 11 is 0. The number of amides is 1. The fourth-order valence-electron chi connectivity index (χ4n) is 2.37. The number of benzene rings is 1. The van der Waals surface area contributed by atoms with Crippen LogP contribution in [0.5, 0.6) is 0 Å². The number of nitrogens with zero attached hydrogens (tertiary/aromatic N) is 1. The first kappa shape index (κ1) is 19.4. The number of carboxylic acid groups (broad SMARTS) is 1. The smallest absolute Gasteiger partial charge is 0.303 e. The van der Waals surface area contributed by atoms with Crippen LogP contribution in [0.3, 0.4) is 0 Å². The molecule has 8 heteroatoms. The van der Waals surface area contributed by atoms with Crippen LogP contribution in [0.4, 0.5) is 0 Å². The number of rotatable bonds is 10. The van der Waals surface area contributed by atoms with Crippen molar-refractivity contribution in [1.29, 1.82) is 0 Å². The Kier molecular flexibility index (Phi) is 7.67. The van der Waals surface area contributed by atoms with Crippen molar-refractivity contribution in [3.8, 4) is 0 Å². The molecule has 0 saturated carbocycles. The molecule has 1 aromatic rings. The summed E-state index contributed by atoms with van der Waals surface area (Å²) in [5, 5.41) is 20.9. The summed E-state index contributed by atoms with van der Waals surface area (Å²) in [7, 11) is 0. The Hall–Kier alpha value is -2.64. The maximum absolute atomic E-state index is 12.1. The van der Waals surface area contributed by atoms with Gasteiger partial charge >= 0.3 is 5.97 Å². The zero-order valence-corrected chi connectivity index (χ0v) is 13.7. The Bertz CT molecular complexity index is 570. The number of nitrogens with one attached hydrogen (secondary N) is 1. The van der Waals surface area contributed by atoms with Crippen molar-refractivity contribution in [2.45, 2.75) is 33.3 Å². The third-order valence-electron chi connectivity index (χ3n) is 3.37. The normalized spacial score (nSPS) is 11.8. The van der Waals surface area contributed by atoms with Gasteiger partial charge in [-0.2, -0.15) is 0 Å². The van der Waals surface area contributed by atoms with Crippen LogP contribution in [-0.2, 0) is 16.2 Å². The van der Waals surface area contributed by atoms with E-state index in [2.05, 4.69) is 10.2 Å². The first-order chi connectivity index (χ1) is 11.3. The van der Waals surface area contributed by atoms with Crippen LogP contribution in [0.15, 0.2) is 24.3 Å². The molecule has 24 heavy (non-hydrogen) atoms. The third kappa shape index (κ3) is 7.57. The van der Waals surface area contributed by atoms with Crippen LogP contribution < -0.4 is 5.32 Å². The van der Waals surface area contributed by atoms with E-state index in [4.69, 9.17) is 5.11 Å². The lowest BCUT2D eigenvalue weighted by atomic mass is 9.94. The summed E-state index contributed by atoms with van der Waals surface area (Å²) in [4.78, 5) is 37.4. The van der Waals surface area contributed by atoms with Crippen molar-refractivity contribution in [2.24, 2.45) is 11.8 Å². The van der Waals surface area contributed by atoms with Crippen molar-refractivity contribution in [1.82, 2.24) is 5.32 Å². The van der Waals surface area contributed by atoms with Crippen LogP contribution in [-0.4, -0.2) is 28.6 Å². The summed E-state index contributed by atoms with van der Waals surface area (Å²) in [6.07, 6.45) is 0.722. The van der Waals surface area contributed by atoms with Gasteiger partial charge in [0.15, 0.2) is 0 Å². The molecule has 0 aliphatic rings. The number of aliphatic carboxylic acids is 1. The maximum atomic E-state index is 12.1. The van der Waals surface area contributed by atoms with E-state index in [1.165, 1.54) is 0 Å². The van der Waals surface area contributed by atoms with E-state index in [9.17, 15) is 19.7 Å². The van der Waals surface area contributed by atoms with Gasteiger partial charge in [-0.15, -0.1) is 10.1 Å². The van der Waals surface area contributed by atoms with Gasteiger partial charge in [-0.25, -0.2) is 0 Å². The lowest BCUT2D eigenvalue weighted by Crippen LogP contribution is -2.31. The molecule has 2 N–H and O–H groups in total. The molecule has 0 heterocycles. The monoisotopic (exact) mass is 338 g/mol. The van der Waals surface area contributed by atoms with Crippen LogP contribution in [0.2, 0.25) is 0 Å². The van der Waals surface area contributed by atoms with E-state index in [1.54, 1.807) is 24.3 Å². The molecule has 0 aliphatic carbocycles. The Morgan fingerprint density at radius 2 is 1.92 bits per heavy atom. The Morgan fingerprint density at radius 1 is 1.29 bits per heavy atom. The van der Waals surface area contributed by atoms with Crippen LogP contribution >= 0.6 is 0 Å². The highest BCUT2D eigenvalue weighted by Gasteiger charge is 2.16. The molecule has 8 nitrogen and oxygen atoms in total. The van der Waals surface area contributed by atoms with Gasteiger partial charge in [0.05, 0.1) is 0 Å². The molecular formula is C16H22N2O6. The quantitative estimate of drug-likeness (QED) is 0.499. The molecule has 0 spiro atoms. The van der Waals surface area contributed by atoms with Gasteiger partial charge in [-0.3, -0.25) is 9.59 Å². The van der Waals surface area contributed by atoms with Crippen molar-refractivity contribution >= 4 is 11.9 Å². The average Bonchev–Trinajstić information content (AvgIpc) is 2.49. The fraction of sp³-hybridized carbons (Fsp3) is 0.500. The van der Waals surface area contributed by atoms with Crippen LogP contribution in [0.25, 0.3) is 0 Å². The third-order valence-corrected chi connectivity index (χ3v) is 3.37. The zero-order chi connectivity index (χ0) is 18.1. The van der Waals surface area contributed by atoms with Gasteiger partial charge in [-0.1, -0.05) is 26.0 Å². The number of carboxylic acids is 1. The molecule has 1 unspecified atom stereocenters. The second-order valence-corrected chi connectivity index (χ2v) is 6.00. The summed E-state index contributed by atoms with van der Waals surface area (Å²) < 4.78 is 0. The van der Waals surface area contributed by atoms with Gasteiger partial charge in [0, 0.05) is 18.5 Å². The largest absolute Gasteiger partial charge is 0.481 e. The highest BCUT2D eigenvalue weighted by atomic mass is 16.9. The highest BCUT2D eigenvalue weighted by Crippen LogP contribution is 2.15. The van der Waals surface area contributed by atoms with Gasteiger partial charge < -0.3 is 15.3 Å². The van der Waals surface area contributed by atoms with E-state index in [0.29, 0.717) is 23.5 Å². The van der Waals surface area contributed by atoms with Crippen molar-refractivity contribution in [2.75, 3.05) is 6.54 Å². The predicted octanol–water partition coefficient (Wildman–Crippen LogP) is 2.26. The molecular weight excluding hydrogens is 316 g/mol. The number of carbonyl (C=O) groups excluding carboxylic acids is 1. The molecule has 0 radical (unpaired) electrons. The second kappa shape index (κ2) is 9.49. The second-order valence-electron chi connectivity index (χ2n) is 6.00. The maximum Gasteiger partial charge on any atom is 0.303 e. The number of hydrogen-bond acceptors (Lipinski definition) is 5. The van der Waals surface area contributed by atoms with Crippen LogP contribution in [0, 0.1) is 22.0 Å². The van der Waals surface area contributed by atoms with Crippen molar-refractivity contribution in [3.05, 3.63) is 45.5 Å². The molecule has 0 aromatic heterocycles. The molecule has 0 bridgehead atoms. The molecule has 1 rings (SSSR count). The van der Waals surface area contributed by atoms with E-state index in [-0.39, 0.29) is 31.4 Å². The average molecular weight is 338 g/mol. The van der Waals surface area contributed by atoms with Crippen molar-refractivity contribution in [3.63, 3.8) is 0 Å². The lowest BCUT2D eigenvalue weighted by Gasteiger charge is -2.17. The van der Waals surface area contributed by atoms with E-state index >= 15 is 0 Å². The molecule has 1 atom stereocenters. The fourth-order valence-corrected chi connectivity index (χ4v) is 2.37. The van der Waals surface area contributed by atoms with E-state index in [0.717, 1.165) is 0 Å². The first-order valence-electron chi connectivity index (χ1n) is 7.64. The van der Waals surface area contributed by atoms with Gasteiger partial charge in [0.1, 0.15) is 6.61 Å². The highest BCUT2D eigenvalue weighted by molar-refractivity contribution is 5.94. The van der Waals surface area contributed by atoms with Gasteiger partial charge in [0.25, 0.3) is 11.0 Å². The predicted molar refractivity (Wildman–Crippen MR) is 85.8 cm³/mol. The molecule has 132 valence electrons. The zero-order valence-electron chi connectivity index (χ0n) is 13.7. The minimum absolute atomic E-state index is 0.00955. The Balaban J connectivity index is 2.56. The Labute approximate surface area is 139 Å². The van der Waals surface area contributed by atoms with Gasteiger partial charge in [0.2, 0.25) is 0 Å². The Morgan fingerprint density at radius 3 is 2.42 bits per heavy atom. The molecule has 1 amide bonds. The minimum atomic E-state index is -0.884. The van der Waals surface area contributed by atoms with Crippen LogP contribution in [0.1, 0.15) is 42.6 Å². The first-order valence-corrected chi connectivity index (χ1v) is 7.64. The molecule has 0 saturated heterocycles. The topological polar surface area (TPSA) is 119 Å². The van der Waals surface area contributed by atoms with Crippen molar-refractivity contribution < 1.29 is 24.6 Å². The molecule has 0 fully saturated rings. The number of carbonyl (C=O) groups is 2. The lowest BCUT2D eigenvalue weighted by molar-refractivity contribution is -0.763. The summed E-state index contributed by atoms with van der Waals surface area (Å²) in [6, 6.07) is 6.23. The van der Waals surface area contributed by atoms with E-state index < -0.39 is 11.1 Å². The standard InChI is InChI=1S/C16H22N2O6/c1-11(2)7-13(8-15(19)20)9-17-16(21)14-5-3-12(4-6-14)10-24-18(22)23/h3-6,11,13H,7-10H2,1-2H3,(H,17,21)(H,19,20). The van der Waals surface area contributed by atoms with E-state index in [1.807, 2.05) is 13.8 Å². The summed E-state index contributed by atoms with van der Waals surface area (Å²) in [6.45, 7) is 4.12. The summed E-state index contributed by atoms with van der Waals surface area (Å²) in [5.41, 5.74) is 0.977. The molecule has 0 aliphatic heterocycles. The van der Waals surface area contributed by atoms with Gasteiger partial charge in [-0.05, 0) is 36.0 Å². The SMILES string of the molecule is CC(C)CC(CNC(=O)c1ccc(CO[N+](=O)[O-])cc1)CC(=O)O. The minimum Gasteiger partial charge on any atom is -0.481 e.